The van der Waals surface area contributed by atoms with Gasteiger partial charge in [-0.05, 0) is 30.3 Å². The smallest absolute Gasteiger partial charge is 0.254 e. The van der Waals surface area contributed by atoms with Crippen molar-refractivity contribution in [3.05, 3.63) is 81.2 Å². The Labute approximate surface area is 257 Å². The van der Waals surface area contributed by atoms with Crippen molar-refractivity contribution in [1.82, 2.24) is 24.9 Å². The molecule has 43 heavy (non-hydrogen) atoms. The first-order chi connectivity index (χ1) is 20.6. The maximum Gasteiger partial charge on any atom is 0.254 e. The average molecular weight is 656 g/mol. The Bertz CT molecular complexity index is 1570. The van der Waals surface area contributed by atoms with Crippen LogP contribution in [-0.4, -0.2) is 85.4 Å². The van der Waals surface area contributed by atoms with Gasteiger partial charge in [0.15, 0.2) is 17.5 Å². The van der Waals surface area contributed by atoms with Gasteiger partial charge in [-0.2, -0.15) is 0 Å². The fourth-order valence-corrected chi connectivity index (χ4v) is 6.60. The molecule has 1 saturated heterocycles. The summed E-state index contributed by atoms with van der Waals surface area (Å²) in [6.07, 6.45) is -2.19. The van der Waals surface area contributed by atoms with Crippen molar-refractivity contribution in [3.8, 4) is 11.3 Å². The van der Waals surface area contributed by atoms with E-state index in [1.54, 1.807) is 43.2 Å². The minimum atomic E-state index is -1.62. The number of nitrogens with zero attached hydrogens (tertiary/aromatic N) is 5. The largest absolute Gasteiger partial charge is 0.394 e. The van der Waals surface area contributed by atoms with E-state index >= 15 is 0 Å². The lowest BCUT2D eigenvalue weighted by Gasteiger charge is -2.43. The van der Waals surface area contributed by atoms with E-state index in [0.29, 0.717) is 21.2 Å². The molecular weight excluding hydrogens is 631 g/mol. The van der Waals surface area contributed by atoms with Crippen molar-refractivity contribution in [2.24, 2.45) is 0 Å². The molecule has 1 aliphatic heterocycles. The van der Waals surface area contributed by atoms with E-state index in [1.165, 1.54) is 27.1 Å². The zero-order chi connectivity index (χ0) is 30.8. The number of ether oxygens (including phenoxy) is 2. The molecule has 1 aliphatic rings. The van der Waals surface area contributed by atoms with Crippen molar-refractivity contribution in [2.45, 2.75) is 41.3 Å². The van der Waals surface area contributed by atoms with Gasteiger partial charge in [0.1, 0.15) is 35.5 Å². The number of thiazole rings is 1. The van der Waals surface area contributed by atoms with E-state index in [4.69, 9.17) is 21.1 Å². The number of aliphatic hydroxyl groups excluding tert-OH is 2. The number of rotatable bonds is 9. The van der Waals surface area contributed by atoms with E-state index in [2.05, 4.69) is 15.3 Å². The predicted octanol–water partition coefficient (Wildman–Crippen LogP) is 4.17. The van der Waals surface area contributed by atoms with Crippen molar-refractivity contribution < 1.29 is 37.7 Å². The summed E-state index contributed by atoms with van der Waals surface area (Å²) in [6.45, 7) is -0.570. The van der Waals surface area contributed by atoms with E-state index in [-0.39, 0.29) is 23.8 Å². The zero-order valence-corrected chi connectivity index (χ0v) is 25.0. The lowest BCUT2D eigenvalue weighted by molar-refractivity contribution is -0.196. The van der Waals surface area contributed by atoms with Gasteiger partial charge in [0.25, 0.3) is 5.91 Å². The fraction of sp³-hybridized carbons (Fsp3) is 0.333. The van der Waals surface area contributed by atoms with Crippen LogP contribution in [0.5, 0.6) is 0 Å². The second-order valence-electron chi connectivity index (χ2n) is 9.76. The van der Waals surface area contributed by atoms with Crippen LogP contribution in [0.1, 0.15) is 22.1 Å². The third-order valence-corrected chi connectivity index (χ3v) is 8.72. The predicted molar refractivity (Wildman–Crippen MR) is 152 cm³/mol. The molecule has 0 spiro atoms. The number of thioether (sulfide) groups is 1. The number of hydrogen-bond acceptors (Lipinski definition) is 10. The third-order valence-electron chi connectivity index (χ3n) is 6.65. The quantitative estimate of drug-likeness (QED) is 0.256. The van der Waals surface area contributed by atoms with E-state index in [9.17, 15) is 28.2 Å². The number of carbonyl (C=O) groups excluding carboxylic acids is 1. The van der Waals surface area contributed by atoms with Gasteiger partial charge in [0.2, 0.25) is 0 Å². The van der Waals surface area contributed by atoms with Gasteiger partial charge >= 0.3 is 0 Å². The molecule has 5 atom stereocenters. The van der Waals surface area contributed by atoms with E-state index in [1.807, 2.05) is 0 Å². The molecule has 1 fully saturated rings. The summed E-state index contributed by atoms with van der Waals surface area (Å²) in [5, 5.41) is 31.7. The molecule has 228 valence electrons. The van der Waals surface area contributed by atoms with Gasteiger partial charge in [0.05, 0.1) is 36.2 Å². The number of benzene rings is 2. The maximum absolute atomic E-state index is 14.0. The highest BCUT2D eigenvalue weighted by atomic mass is 35.5. The molecule has 16 heteroatoms. The van der Waals surface area contributed by atoms with Gasteiger partial charge in [0, 0.05) is 35.0 Å². The summed E-state index contributed by atoms with van der Waals surface area (Å²) in [4.78, 5) is 19.1. The monoisotopic (exact) mass is 655 g/mol. The summed E-state index contributed by atoms with van der Waals surface area (Å²) in [5.74, 6) is -4.71. The van der Waals surface area contributed by atoms with Crippen LogP contribution in [0.2, 0.25) is 5.02 Å². The van der Waals surface area contributed by atoms with E-state index < -0.39 is 53.8 Å². The van der Waals surface area contributed by atoms with Crippen LogP contribution < -0.4 is 0 Å². The molecule has 0 aliphatic carbocycles. The Kier molecular flexibility index (Phi) is 9.70. The van der Waals surface area contributed by atoms with Gasteiger partial charge in [-0.25, -0.2) is 22.8 Å². The van der Waals surface area contributed by atoms with Crippen LogP contribution >= 0.6 is 34.7 Å². The Morgan fingerprint density at radius 1 is 1.23 bits per heavy atom. The van der Waals surface area contributed by atoms with Crippen LogP contribution in [0.25, 0.3) is 11.3 Å². The van der Waals surface area contributed by atoms with Crippen LogP contribution in [0, 0.1) is 17.5 Å². The number of hydrogen-bond donors (Lipinski definition) is 2. The molecule has 3 unspecified atom stereocenters. The highest BCUT2D eigenvalue weighted by Crippen LogP contribution is 2.42. The lowest BCUT2D eigenvalue weighted by atomic mass is 9.97. The number of halogens is 4. The van der Waals surface area contributed by atoms with Gasteiger partial charge in [-0.15, -0.1) is 16.4 Å². The summed E-state index contributed by atoms with van der Waals surface area (Å²) in [5.41, 5.74) is 1.55. The normalized spacial score (nSPS) is 22.1. The second-order valence-corrected chi connectivity index (χ2v) is 12.1. The first-order valence-corrected chi connectivity index (χ1v) is 14.9. The Hall–Kier alpha value is -3.05. The number of amides is 1. The highest BCUT2D eigenvalue weighted by Gasteiger charge is 2.48. The van der Waals surface area contributed by atoms with Crippen LogP contribution in [0.15, 0.2) is 52.3 Å². The molecule has 10 nitrogen and oxygen atoms in total. The van der Waals surface area contributed by atoms with Crippen molar-refractivity contribution >= 4 is 40.6 Å². The molecule has 0 bridgehead atoms. The molecular formula is C27H25ClF3N5O5S2. The summed E-state index contributed by atoms with van der Waals surface area (Å²) in [7, 11) is 3.22. The molecule has 2 aromatic carbocycles. The lowest BCUT2D eigenvalue weighted by Crippen LogP contribution is -2.55. The van der Waals surface area contributed by atoms with Crippen molar-refractivity contribution in [2.75, 3.05) is 20.7 Å². The third kappa shape index (κ3) is 6.72. The first kappa shape index (κ1) is 31.4. The Morgan fingerprint density at radius 2 is 1.98 bits per heavy atom. The van der Waals surface area contributed by atoms with Crippen LogP contribution in [-0.2, 0) is 16.1 Å². The molecule has 4 aromatic rings. The number of carbonyl (C=O) groups is 1. The maximum atomic E-state index is 14.0. The average Bonchev–Trinajstić information content (AvgIpc) is 3.68. The molecule has 1 amide bonds. The molecule has 0 saturated carbocycles. The Morgan fingerprint density at radius 3 is 2.63 bits per heavy atom. The topological polar surface area (TPSA) is 123 Å². The van der Waals surface area contributed by atoms with Crippen molar-refractivity contribution in [1.29, 1.82) is 0 Å². The molecule has 0 radical (unpaired) electrons. The zero-order valence-electron chi connectivity index (χ0n) is 22.6. The second kappa shape index (κ2) is 13.3. The minimum absolute atomic E-state index is 0.00629. The summed E-state index contributed by atoms with van der Waals surface area (Å²) >= 11 is 8.75. The van der Waals surface area contributed by atoms with Crippen LogP contribution in [0.4, 0.5) is 13.2 Å². The first-order valence-electron chi connectivity index (χ1n) is 12.7. The summed E-state index contributed by atoms with van der Waals surface area (Å²) in [6, 6.07) is 5.28. The molecule has 3 heterocycles. The highest BCUT2D eigenvalue weighted by molar-refractivity contribution is 8.00. The summed E-state index contributed by atoms with van der Waals surface area (Å²) < 4.78 is 55.1. The van der Waals surface area contributed by atoms with Gasteiger partial charge < -0.3 is 24.6 Å². The molecule has 2 N–H and O–H groups in total. The molecule has 5 rings (SSSR count). The SMILES string of the molecule is CN(C)C(=O)c1ccc(Cl)cc1S[C@H]1OC(CO)[C@H](O)C(n2cc(-c3cc(F)c(F)c(F)c3)nn2)C1OCc1cscn1. The van der Waals surface area contributed by atoms with Crippen LogP contribution in [0.3, 0.4) is 0 Å². The molecule has 2 aromatic heterocycles. The van der Waals surface area contributed by atoms with E-state index in [0.717, 1.165) is 23.9 Å². The number of aromatic nitrogens is 4. The standard InChI is InChI=1S/C27H25ClF3N5O5S2/c1-35(2)26(39)16-4-3-14(28)7-21(16)43-27-25(40-10-15-11-42-12-32-15)23(24(38)20(9-37)41-27)36-8-19(33-34-36)13-5-17(29)22(31)18(30)6-13/h3-8,11-12,20,23-25,27,37-38H,9-10H2,1-2H3/t20?,23?,24-,25?,27+/m0/s1. The van der Waals surface area contributed by atoms with Crippen molar-refractivity contribution in [3.63, 3.8) is 0 Å². The minimum Gasteiger partial charge on any atom is -0.394 e. The van der Waals surface area contributed by atoms with Gasteiger partial charge in [-0.3, -0.25) is 4.79 Å². The Balaban J connectivity index is 1.55. The van der Waals surface area contributed by atoms with Gasteiger partial charge in [-0.1, -0.05) is 28.6 Å². The number of aliphatic hydroxyl groups is 2. The fourth-order valence-electron chi connectivity index (χ4n) is 4.52.